The molecule has 1 N–H and O–H groups in total. The summed E-state index contributed by atoms with van der Waals surface area (Å²) in [6, 6.07) is 50.3. The summed E-state index contributed by atoms with van der Waals surface area (Å²) in [4.78, 5) is 49.6. The van der Waals surface area contributed by atoms with Crippen molar-refractivity contribution >= 4 is 33.6 Å². The van der Waals surface area contributed by atoms with Crippen molar-refractivity contribution in [1.29, 1.82) is 0 Å². The van der Waals surface area contributed by atoms with E-state index in [1.165, 1.54) is 18.4 Å². The molecule has 0 bridgehead atoms. The molecule has 2 heterocycles. The van der Waals surface area contributed by atoms with Gasteiger partial charge in [-0.1, -0.05) is 84.9 Å². The predicted molar refractivity (Wildman–Crippen MR) is 238 cm³/mol. The second-order valence-electron chi connectivity index (χ2n) is 16.0. The highest BCUT2D eigenvalue weighted by atomic mass is 16.4. The van der Waals surface area contributed by atoms with Gasteiger partial charge in [-0.3, -0.25) is 23.5 Å². The lowest BCUT2D eigenvalue weighted by molar-refractivity contribution is 0.0695. The van der Waals surface area contributed by atoms with E-state index in [0.29, 0.717) is 30.2 Å². The van der Waals surface area contributed by atoms with E-state index < -0.39 is 5.97 Å². The molecule has 8 aromatic rings. The Bertz CT molecular complexity index is 2840. The summed E-state index contributed by atoms with van der Waals surface area (Å²) in [5, 5.41) is 11.7. The minimum Gasteiger partial charge on any atom is -0.478 e. The van der Waals surface area contributed by atoms with Crippen LogP contribution in [0.5, 0.6) is 0 Å². The summed E-state index contributed by atoms with van der Waals surface area (Å²) in [6.45, 7) is 1.64. The van der Waals surface area contributed by atoms with E-state index in [1.807, 2.05) is 115 Å². The standard InChI is InChI=1S/C27H23NO2.C26H21NO3/c1-18(29)25-17-20(19-10-11-19)12-13-22(25)16-21-6-5-9-26-24(21)14-15-27(30)28(26)23-7-3-2-4-8-23;28-25-14-13-22-19(5-4-8-24(22)27(25)21-6-2-1-3-7-21)15-20-12-11-18(17-9-10-17)16-23(20)26(29)30/h2-9,12-15,17,19H,10-11,16H2,1H3;1-8,11-14,16-17H,9-10,15H2,(H,29,30). The molecule has 60 heavy (non-hydrogen) atoms. The van der Waals surface area contributed by atoms with E-state index in [4.69, 9.17) is 0 Å². The van der Waals surface area contributed by atoms with Crippen molar-refractivity contribution in [3.8, 4) is 11.4 Å². The molecule has 7 nitrogen and oxygen atoms in total. The van der Waals surface area contributed by atoms with Gasteiger partial charge in [0, 0.05) is 39.8 Å². The normalized spacial score (nSPS) is 13.5. The Morgan fingerprint density at radius 2 is 0.933 bits per heavy atom. The number of carboxylic acids is 1. The summed E-state index contributed by atoms with van der Waals surface area (Å²) < 4.78 is 3.45. The Morgan fingerprint density at radius 3 is 1.35 bits per heavy atom. The van der Waals surface area contributed by atoms with Gasteiger partial charge in [-0.2, -0.15) is 0 Å². The smallest absolute Gasteiger partial charge is 0.335 e. The third kappa shape index (κ3) is 7.86. The second kappa shape index (κ2) is 16.3. The maximum absolute atomic E-state index is 12.7. The van der Waals surface area contributed by atoms with Gasteiger partial charge >= 0.3 is 5.97 Å². The van der Waals surface area contributed by atoms with E-state index in [0.717, 1.165) is 79.4 Å². The van der Waals surface area contributed by atoms with Crippen LogP contribution in [0.1, 0.15) is 98.5 Å². The number of carbonyl (C=O) groups excluding carboxylic acids is 1. The first kappa shape index (κ1) is 38.4. The average Bonchev–Trinajstić information content (AvgIpc) is 4.20. The number of carbonyl (C=O) groups is 2. The molecule has 10 rings (SSSR count). The van der Waals surface area contributed by atoms with Crippen LogP contribution >= 0.6 is 0 Å². The summed E-state index contributed by atoms with van der Waals surface area (Å²) in [7, 11) is 0. The number of hydrogen-bond acceptors (Lipinski definition) is 4. The van der Waals surface area contributed by atoms with Crippen LogP contribution in [0.2, 0.25) is 0 Å². The van der Waals surface area contributed by atoms with Gasteiger partial charge in [0.05, 0.1) is 16.6 Å². The molecule has 2 aromatic heterocycles. The Balaban J connectivity index is 0.000000154. The first-order valence-corrected chi connectivity index (χ1v) is 20.6. The molecule has 7 heteroatoms. The highest BCUT2D eigenvalue weighted by Gasteiger charge is 2.26. The maximum atomic E-state index is 12.7. The molecule has 6 aromatic carbocycles. The van der Waals surface area contributed by atoms with E-state index >= 15 is 0 Å². The van der Waals surface area contributed by atoms with Crippen LogP contribution in [0, 0.1) is 0 Å². The van der Waals surface area contributed by atoms with Gasteiger partial charge in [-0.05, 0) is 151 Å². The van der Waals surface area contributed by atoms with Crippen LogP contribution in [0.15, 0.2) is 167 Å². The van der Waals surface area contributed by atoms with Crippen LogP contribution in [-0.4, -0.2) is 26.0 Å². The zero-order valence-corrected chi connectivity index (χ0v) is 33.4. The number of aromatic carboxylic acids is 1. The summed E-state index contributed by atoms with van der Waals surface area (Å²) >= 11 is 0. The number of ketones is 1. The molecule has 2 aliphatic carbocycles. The van der Waals surface area contributed by atoms with E-state index in [1.54, 1.807) is 28.2 Å². The number of benzene rings is 6. The Labute approximate surface area is 347 Å². The number of carboxylic acid groups (broad SMARTS) is 1. The molecular weight excluding hydrogens is 745 g/mol. The third-order valence-corrected chi connectivity index (χ3v) is 11.8. The van der Waals surface area contributed by atoms with Gasteiger partial charge in [0.1, 0.15) is 0 Å². The van der Waals surface area contributed by atoms with Crippen molar-refractivity contribution < 1.29 is 14.7 Å². The molecule has 0 unspecified atom stereocenters. The quantitative estimate of drug-likeness (QED) is 0.139. The van der Waals surface area contributed by atoms with E-state index in [-0.39, 0.29) is 16.9 Å². The minimum absolute atomic E-state index is 0.0518. The van der Waals surface area contributed by atoms with Crippen LogP contribution in [0.3, 0.4) is 0 Å². The molecule has 0 saturated heterocycles. The number of rotatable bonds is 10. The topological polar surface area (TPSA) is 98.4 Å². The number of aromatic nitrogens is 2. The van der Waals surface area contributed by atoms with E-state index in [9.17, 15) is 24.3 Å². The van der Waals surface area contributed by atoms with Gasteiger partial charge in [-0.25, -0.2) is 4.79 Å². The molecule has 2 saturated carbocycles. The van der Waals surface area contributed by atoms with Crippen LogP contribution in [-0.2, 0) is 12.8 Å². The second-order valence-corrected chi connectivity index (χ2v) is 16.0. The molecule has 0 amide bonds. The fourth-order valence-electron chi connectivity index (χ4n) is 8.44. The Hall–Kier alpha value is -7.12. The summed E-state index contributed by atoms with van der Waals surface area (Å²) in [6.07, 6.45) is 5.87. The maximum Gasteiger partial charge on any atom is 0.335 e. The third-order valence-electron chi connectivity index (χ3n) is 11.8. The molecule has 0 aliphatic heterocycles. The first-order valence-electron chi connectivity index (χ1n) is 20.6. The highest BCUT2D eigenvalue weighted by Crippen LogP contribution is 2.42. The minimum atomic E-state index is -0.895. The molecule has 2 fully saturated rings. The molecule has 0 radical (unpaired) electrons. The summed E-state index contributed by atoms with van der Waals surface area (Å²) in [5.41, 5.74) is 10.7. The van der Waals surface area contributed by atoms with E-state index in [2.05, 4.69) is 30.3 Å². The molecular formula is C53H44N2O5. The lowest BCUT2D eigenvalue weighted by atomic mass is 9.93. The summed E-state index contributed by atoms with van der Waals surface area (Å²) in [5.74, 6) is 0.341. The van der Waals surface area contributed by atoms with Crippen molar-refractivity contribution in [3.63, 3.8) is 0 Å². The predicted octanol–water partition coefficient (Wildman–Crippen LogP) is 10.8. The highest BCUT2D eigenvalue weighted by molar-refractivity contribution is 5.96. The number of hydrogen-bond donors (Lipinski definition) is 1. The number of pyridine rings is 2. The number of Topliss-reactive ketones (excluding diaryl/α,β-unsaturated/α-hetero) is 1. The van der Waals surface area contributed by atoms with Crippen molar-refractivity contribution in [2.45, 2.75) is 57.3 Å². The molecule has 296 valence electrons. The fraction of sp³-hybridized carbons (Fsp3) is 0.170. The van der Waals surface area contributed by atoms with Gasteiger partial charge < -0.3 is 5.11 Å². The monoisotopic (exact) mass is 788 g/mol. The Morgan fingerprint density at radius 1 is 0.500 bits per heavy atom. The number of fused-ring (bicyclic) bond motifs is 2. The van der Waals surface area contributed by atoms with Gasteiger partial charge in [0.2, 0.25) is 0 Å². The number of nitrogens with zero attached hydrogens (tertiary/aromatic N) is 2. The van der Waals surface area contributed by atoms with Crippen LogP contribution < -0.4 is 11.1 Å². The largest absolute Gasteiger partial charge is 0.478 e. The average molecular weight is 789 g/mol. The van der Waals surface area contributed by atoms with Gasteiger partial charge in [0.15, 0.2) is 5.78 Å². The fourth-order valence-corrected chi connectivity index (χ4v) is 8.44. The van der Waals surface area contributed by atoms with Crippen molar-refractivity contribution in [2.75, 3.05) is 0 Å². The van der Waals surface area contributed by atoms with Crippen LogP contribution in [0.4, 0.5) is 0 Å². The zero-order chi connectivity index (χ0) is 41.3. The lowest BCUT2D eigenvalue weighted by Gasteiger charge is -2.14. The molecule has 0 spiro atoms. The van der Waals surface area contributed by atoms with Crippen molar-refractivity contribution in [1.82, 2.24) is 9.13 Å². The van der Waals surface area contributed by atoms with Crippen molar-refractivity contribution in [3.05, 3.63) is 223 Å². The van der Waals surface area contributed by atoms with Gasteiger partial charge in [0.25, 0.3) is 11.1 Å². The molecule has 2 aliphatic rings. The number of para-hydroxylation sites is 2. The van der Waals surface area contributed by atoms with Crippen LogP contribution in [0.25, 0.3) is 33.2 Å². The zero-order valence-electron chi connectivity index (χ0n) is 33.4. The molecule has 0 atom stereocenters. The lowest BCUT2D eigenvalue weighted by Crippen LogP contribution is -2.17. The SMILES string of the molecule is CC(=O)c1cc(C2CC2)ccc1Cc1cccc2c1ccc(=O)n2-c1ccccc1.O=C(O)c1cc(C2CC2)ccc1Cc1cccc2c1ccc(=O)n2-c1ccccc1. The van der Waals surface area contributed by atoms with Gasteiger partial charge in [-0.15, -0.1) is 0 Å². The Kier molecular flexibility index (Phi) is 10.4. The van der Waals surface area contributed by atoms with Crippen molar-refractivity contribution in [2.24, 2.45) is 0 Å². The first-order chi connectivity index (χ1) is 29.2.